The monoisotopic (exact) mass is 442 g/mol. The van der Waals surface area contributed by atoms with Crippen LogP contribution in [0, 0.1) is 0 Å². The molecule has 11 heteroatoms. The Balaban J connectivity index is 1.69. The topological polar surface area (TPSA) is 140 Å². The molecular weight excluding hydrogens is 420 g/mol. The third kappa shape index (κ3) is 5.96. The van der Waals surface area contributed by atoms with Gasteiger partial charge in [-0.3, -0.25) is 4.79 Å². The van der Waals surface area contributed by atoms with Crippen molar-refractivity contribution in [2.75, 3.05) is 19.0 Å². The van der Waals surface area contributed by atoms with Crippen LogP contribution in [0.4, 0.5) is 17.1 Å². The van der Waals surface area contributed by atoms with Crippen LogP contribution in [0.1, 0.15) is 5.69 Å². The molecule has 1 heterocycles. The lowest BCUT2D eigenvalue weighted by molar-refractivity contribution is -0.138. The summed E-state index contributed by atoms with van der Waals surface area (Å²) in [7, 11) is -0.164. The summed E-state index contributed by atoms with van der Waals surface area (Å²) in [4.78, 5) is 19.9. The Bertz CT molecular complexity index is 1140. The summed E-state index contributed by atoms with van der Waals surface area (Å²) in [5.41, 5.74) is 2.66. The molecule has 0 amide bonds. The van der Waals surface area contributed by atoms with E-state index in [1.54, 1.807) is 0 Å². The third-order valence-corrected chi connectivity index (χ3v) is 5.86. The molecule has 10 nitrogen and oxygen atoms in total. The summed E-state index contributed by atoms with van der Waals surface area (Å²) in [6.45, 7) is 0. The first-order valence-electron chi connectivity index (χ1n) is 9.26. The van der Waals surface area contributed by atoms with Gasteiger partial charge in [0.25, 0.3) is 0 Å². The molecule has 2 aromatic carbocycles. The Morgan fingerprint density at radius 2 is 1.68 bits per heavy atom. The first-order chi connectivity index (χ1) is 14.7. The number of carbonyl (C=O) groups is 1. The Morgan fingerprint density at radius 3 is 2.16 bits per heavy atom. The Labute approximate surface area is 179 Å². The second-order valence-corrected chi connectivity index (χ2v) is 8.61. The highest BCUT2D eigenvalue weighted by molar-refractivity contribution is 7.89. The predicted octanol–water partition coefficient (Wildman–Crippen LogP) is 2.87. The molecule has 0 fully saturated rings. The number of aliphatic carboxylic acids is 1. The lowest BCUT2D eigenvalue weighted by atomic mass is 10.2. The van der Waals surface area contributed by atoms with E-state index < -0.39 is 22.0 Å². The van der Waals surface area contributed by atoms with Crippen molar-refractivity contribution in [3.05, 3.63) is 66.7 Å². The Hall–Kier alpha value is -3.57. The van der Waals surface area contributed by atoms with E-state index in [2.05, 4.69) is 24.9 Å². The number of nitrogens with zero attached hydrogens (tertiary/aromatic N) is 4. The van der Waals surface area contributed by atoms with Crippen LogP contribution in [0.15, 0.2) is 76.2 Å². The van der Waals surface area contributed by atoms with Gasteiger partial charge in [-0.15, -0.1) is 0 Å². The van der Waals surface area contributed by atoms with Crippen LogP contribution in [0.5, 0.6) is 0 Å². The molecule has 1 aromatic heterocycles. The van der Waals surface area contributed by atoms with Crippen molar-refractivity contribution < 1.29 is 18.3 Å². The summed E-state index contributed by atoms with van der Waals surface area (Å²) in [6.07, 6.45) is 2.78. The number of nitrogens with one attached hydrogen (secondary N) is 2. The molecule has 0 bridgehead atoms. The van der Waals surface area contributed by atoms with E-state index in [9.17, 15) is 18.3 Å². The van der Waals surface area contributed by atoms with E-state index in [0.29, 0.717) is 17.1 Å². The average Bonchev–Trinajstić information content (AvgIpc) is 3.25. The smallest absolute Gasteiger partial charge is 0.322 e. The van der Waals surface area contributed by atoms with Gasteiger partial charge in [0.05, 0.1) is 22.6 Å². The number of carboxylic acid groups (broad SMARTS) is 1. The lowest BCUT2D eigenvalue weighted by Crippen LogP contribution is -2.42. The zero-order valence-electron chi connectivity index (χ0n) is 16.9. The molecule has 0 aliphatic rings. The number of imidazole rings is 1. The number of anilines is 1. The zero-order chi connectivity index (χ0) is 22.4. The van der Waals surface area contributed by atoms with E-state index in [1.165, 1.54) is 36.8 Å². The maximum atomic E-state index is 12.6. The van der Waals surface area contributed by atoms with Crippen LogP contribution in [0.25, 0.3) is 0 Å². The van der Waals surface area contributed by atoms with Gasteiger partial charge in [-0.05, 0) is 48.5 Å². The van der Waals surface area contributed by atoms with Crippen molar-refractivity contribution in [2.24, 2.45) is 10.2 Å². The number of carboxylic acids is 1. The van der Waals surface area contributed by atoms with Crippen molar-refractivity contribution in [3.8, 4) is 0 Å². The van der Waals surface area contributed by atoms with Crippen LogP contribution in [0.2, 0.25) is 0 Å². The number of hydrogen-bond acceptors (Lipinski definition) is 7. The maximum Gasteiger partial charge on any atom is 0.322 e. The molecule has 0 spiro atoms. The number of rotatable bonds is 9. The zero-order valence-corrected chi connectivity index (χ0v) is 17.7. The number of aromatic amines is 1. The number of hydrogen-bond donors (Lipinski definition) is 3. The molecule has 0 saturated carbocycles. The van der Waals surface area contributed by atoms with Gasteiger partial charge in [-0.1, -0.05) is 0 Å². The highest BCUT2D eigenvalue weighted by atomic mass is 32.2. The maximum absolute atomic E-state index is 12.6. The van der Waals surface area contributed by atoms with E-state index in [1.807, 2.05) is 43.3 Å². The fourth-order valence-electron chi connectivity index (χ4n) is 2.68. The molecule has 162 valence electrons. The summed E-state index contributed by atoms with van der Waals surface area (Å²) < 4.78 is 27.4. The van der Waals surface area contributed by atoms with Crippen molar-refractivity contribution in [2.45, 2.75) is 17.4 Å². The van der Waals surface area contributed by atoms with Gasteiger partial charge >= 0.3 is 5.97 Å². The SMILES string of the molecule is CN(C)c1ccc(N=Nc2ccc(S(=O)(=O)NC(Cc3cnc[nH]3)C(=O)O)cc2)cc1. The fraction of sp³-hybridized carbons (Fsp3) is 0.200. The van der Waals surface area contributed by atoms with Crippen LogP contribution in [0.3, 0.4) is 0 Å². The normalized spacial score (nSPS) is 12.7. The molecule has 1 atom stereocenters. The highest BCUT2D eigenvalue weighted by Gasteiger charge is 2.26. The standard InChI is InChI=1S/C20H22N6O4S/c1-26(2)17-7-3-14(4-8-17)23-24-15-5-9-18(10-6-15)31(29,30)25-19(20(27)28)11-16-12-21-13-22-16/h3-10,12-13,19,25H,11H2,1-2H3,(H,21,22)(H,27,28). The highest BCUT2D eigenvalue weighted by Crippen LogP contribution is 2.22. The largest absolute Gasteiger partial charge is 0.480 e. The average molecular weight is 443 g/mol. The minimum Gasteiger partial charge on any atom is -0.480 e. The van der Waals surface area contributed by atoms with Gasteiger partial charge in [0.1, 0.15) is 6.04 Å². The van der Waals surface area contributed by atoms with Gasteiger partial charge in [-0.25, -0.2) is 13.4 Å². The van der Waals surface area contributed by atoms with Crippen molar-refractivity contribution in [1.82, 2.24) is 14.7 Å². The summed E-state index contributed by atoms with van der Waals surface area (Å²) >= 11 is 0. The van der Waals surface area contributed by atoms with Crippen LogP contribution in [-0.4, -0.2) is 49.6 Å². The van der Waals surface area contributed by atoms with Crippen molar-refractivity contribution in [3.63, 3.8) is 0 Å². The molecule has 3 rings (SSSR count). The molecule has 3 N–H and O–H groups in total. The molecule has 0 aliphatic carbocycles. The summed E-state index contributed by atoms with van der Waals surface area (Å²) in [6, 6.07) is 11.8. The van der Waals surface area contributed by atoms with E-state index in [4.69, 9.17) is 0 Å². The van der Waals surface area contributed by atoms with Crippen molar-refractivity contribution in [1.29, 1.82) is 0 Å². The fourth-order valence-corrected chi connectivity index (χ4v) is 3.86. The molecule has 0 saturated heterocycles. The van der Waals surface area contributed by atoms with Crippen LogP contribution >= 0.6 is 0 Å². The first-order valence-corrected chi connectivity index (χ1v) is 10.7. The molecule has 0 radical (unpaired) electrons. The second kappa shape index (κ2) is 9.49. The lowest BCUT2D eigenvalue weighted by Gasteiger charge is -2.14. The molecular formula is C20H22N6O4S. The summed E-state index contributed by atoms with van der Waals surface area (Å²) in [5, 5.41) is 17.6. The van der Waals surface area contributed by atoms with E-state index in [-0.39, 0.29) is 11.3 Å². The Kier molecular flexibility index (Phi) is 6.78. The van der Waals surface area contributed by atoms with Gasteiger partial charge in [0, 0.05) is 38.1 Å². The third-order valence-electron chi connectivity index (χ3n) is 4.37. The van der Waals surface area contributed by atoms with Gasteiger partial charge in [-0.2, -0.15) is 15.0 Å². The van der Waals surface area contributed by atoms with Crippen molar-refractivity contribution >= 4 is 33.1 Å². The minimum atomic E-state index is -4.05. The first kappa shape index (κ1) is 22.1. The Morgan fingerprint density at radius 1 is 1.10 bits per heavy atom. The van der Waals surface area contributed by atoms with Gasteiger partial charge in [0.2, 0.25) is 10.0 Å². The van der Waals surface area contributed by atoms with E-state index in [0.717, 1.165) is 5.69 Å². The number of aromatic nitrogens is 2. The second-order valence-electron chi connectivity index (χ2n) is 6.90. The van der Waals surface area contributed by atoms with Gasteiger partial charge in [0.15, 0.2) is 0 Å². The predicted molar refractivity (Wildman–Crippen MR) is 115 cm³/mol. The number of benzene rings is 2. The number of sulfonamides is 1. The van der Waals surface area contributed by atoms with E-state index >= 15 is 0 Å². The summed E-state index contributed by atoms with van der Waals surface area (Å²) in [5.74, 6) is -1.29. The molecule has 1 unspecified atom stereocenters. The van der Waals surface area contributed by atoms with Crippen LogP contribution < -0.4 is 9.62 Å². The molecule has 31 heavy (non-hydrogen) atoms. The van der Waals surface area contributed by atoms with Gasteiger partial charge < -0.3 is 15.0 Å². The molecule has 3 aromatic rings. The number of azo groups is 1. The molecule has 0 aliphatic heterocycles. The van der Waals surface area contributed by atoms with Crippen LogP contribution in [-0.2, 0) is 21.2 Å². The quantitative estimate of drug-likeness (QED) is 0.435. The minimum absolute atomic E-state index is 0.0620. The number of H-pyrrole nitrogens is 1.